The minimum Gasteiger partial charge on any atom is -0.455 e. The van der Waals surface area contributed by atoms with Gasteiger partial charge in [0.2, 0.25) is 11.7 Å². The number of anilines is 1. The Labute approximate surface area is 171 Å². The lowest BCUT2D eigenvalue weighted by Crippen LogP contribution is -2.25. The van der Waals surface area contributed by atoms with Crippen LogP contribution in [0.5, 0.6) is 11.5 Å². The molecule has 0 unspecified atom stereocenters. The van der Waals surface area contributed by atoms with Gasteiger partial charge in [0.1, 0.15) is 18.0 Å². The maximum atomic E-state index is 12.6. The topological polar surface area (TPSA) is 99.2 Å². The predicted octanol–water partition coefficient (Wildman–Crippen LogP) is 3.64. The summed E-state index contributed by atoms with van der Waals surface area (Å²) in [5, 5.41) is 6.51. The van der Waals surface area contributed by atoms with Gasteiger partial charge in [0, 0.05) is 6.20 Å². The summed E-state index contributed by atoms with van der Waals surface area (Å²) in [6.45, 7) is 1.71. The number of pyridine rings is 1. The molecular weight excluding hydrogens is 384 g/mol. The Balaban J connectivity index is 1.53. The van der Waals surface area contributed by atoms with Crippen LogP contribution in [0.2, 0.25) is 0 Å². The molecule has 30 heavy (non-hydrogen) atoms. The fourth-order valence-electron chi connectivity index (χ4n) is 2.81. The van der Waals surface area contributed by atoms with Gasteiger partial charge in [0.25, 0.3) is 0 Å². The summed E-state index contributed by atoms with van der Waals surface area (Å²) in [7, 11) is 0. The number of rotatable bonds is 6. The minimum atomic E-state index is -0.741. The van der Waals surface area contributed by atoms with Gasteiger partial charge in [-0.2, -0.15) is 0 Å². The molecular formula is C22H18N4O4. The molecule has 0 aliphatic heterocycles. The highest BCUT2D eigenvalue weighted by atomic mass is 16.5. The first-order chi connectivity index (χ1) is 14.6. The molecule has 4 rings (SSSR count). The van der Waals surface area contributed by atoms with E-state index in [1.165, 1.54) is 0 Å². The van der Waals surface area contributed by atoms with E-state index < -0.39 is 11.7 Å². The van der Waals surface area contributed by atoms with E-state index in [0.717, 1.165) is 10.1 Å². The Bertz CT molecular complexity index is 1210. The quantitative estimate of drug-likeness (QED) is 0.529. The van der Waals surface area contributed by atoms with E-state index in [1.54, 1.807) is 42.6 Å². The lowest BCUT2D eigenvalue weighted by atomic mass is 10.2. The molecule has 0 saturated carbocycles. The van der Waals surface area contributed by atoms with Crippen molar-refractivity contribution < 1.29 is 14.1 Å². The van der Waals surface area contributed by atoms with Crippen molar-refractivity contribution in [2.45, 2.75) is 13.5 Å². The third kappa shape index (κ3) is 4.27. The summed E-state index contributed by atoms with van der Waals surface area (Å²) in [6.07, 6.45) is 1.57. The second-order valence-corrected chi connectivity index (χ2v) is 6.53. The number of amides is 1. The summed E-state index contributed by atoms with van der Waals surface area (Å²) < 4.78 is 11.7. The summed E-state index contributed by atoms with van der Waals surface area (Å²) in [4.78, 5) is 28.8. The van der Waals surface area contributed by atoms with Crippen molar-refractivity contribution in [1.29, 1.82) is 0 Å². The maximum absolute atomic E-state index is 12.6. The lowest BCUT2D eigenvalue weighted by molar-refractivity contribution is -0.116. The van der Waals surface area contributed by atoms with Gasteiger partial charge in [-0.3, -0.25) is 14.3 Å². The summed E-state index contributed by atoms with van der Waals surface area (Å²) in [6, 6.07) is 19.8. The molecule has 0 fully saturated rings. The van der Waals surface area contributed by atoms with E-state index in [0.29, 0.717) is 22.9 Å². The molecule has 150 valence electrons. The number of aromatic nitrogens is 3. The van der Waals surface area contributed by atoms with E-state index in [-0.39, 0.29) is 12.4 Å². The zero-order valence-corrected chi connectivity index (χ0v) is 16.1. The summed E-state index contributed by atoms with van der Waals surface area (Å²) in [5.74, 6) is 0.139. The molecule has 1 N–H and O–H groups in total. The van der Waals surface area contributed by atoms with Crippen LogP contribution in [-0.4, -0.2) is 20.6 Å². The number of carbonyl (C=O) groups excluding carboxylic acids is 1. The standard InChI is InChI=1S/C22H18N4O4/c1-15-9-11-16(12-10-15)29-19-8-3-2-6-17(19)24-20(27)14-26-21(25-30-22(26)28)18-7-4-5-13-23-18/h2-13H,14H2,1H3,(H,24,27). The normalized spacial score (nSPS) is 10.6. The van der Waals surface area contributed by atoms with Crippen LogP contribution in [0, 0.1) is 6.92 Å². The average molecular weight is 402 g/mol. The van der Waals surface area contributed by atoms with Crippen LogP contribution in [0.1, 0.15) is 5.56 Å². The zero-order valence-electron chi connectivity index (χ0n) is 16.1. The van der Waals surface area contributed by atoms with Crippen molar-refractivity contribution in [3.05, 3.63) is 89.0 Å². The van der Waals surface area contributed by atoms with Gasteiger partial charge < -0.3 is 10.1 Å². The fourth-order valence-corrected chi connectivity index (χ4v) is 2.81. The van der Waals surface area contributed by atoms with Crippen LogP contribution in [0.4, 0.5) is 5.69 Å². The van der Waals surface area contributed by atoms with Crippen molar-refractivity contribution in [2.75, 3.05) is 5.32 Å². The largest absolute Gasteiger partial charge is 0.455 e. The summed E-state index contributed by atoms with van der Waals surface area (Å²) >= 11 is 0. The molecule has 2 aromatic heterocycles. The SMILES string of the molecule is Cc1ccc(Oc2ccccc2NC(=O)Cn2c(-c3ccccn3)noc2=O)cc1. The van der Waals surface area contributed by atoms with Crippen molar-refractivity contribution in [3.8, 4) is 23.0 Å². The van der Waals surface area contributed by atoms with Crippen molar-refractivity contribution in [1.82, 2.24) is 14.7 Å². The molecule has 4 aromatic rings. The third-order valence-electron chi connectivity index (χ3n) is 4.29. The Morgan fingerprint density at radius 2 is 1.83 bits per heavy atom. The van der Waals surface area contributed by atoms with Gasteiger partial charge >= 0.3 is 5.76 Å². The van der Waals surface area contributed by atoms with Gasteiger partial charge in [-0.05, 0) is 43.3 Å². The van der Waals surface area contributed by atoms with E-state index >= 15 is 0 Å². The van der Waals surface area contributed by atoms with Crippen molar-refractivity contribution in [3.63, 3.8) is 0 Å². The first kappa shape index (κ1) is 19.1. The number of aryl methyl sites for hydroxylation is 1. The van der Waals surface area contributed by atoms with Gasteiger partial charge in [-0.25, -0.2) is 9.36 Å². The second kappa shape index (κ2) is 8.44. The monoisotopic (exact) mass is 402 g/mol. The number of carbonyl (C=O) groups is 1. The lowest BCUT2D eigenvalue weighted by Gasteiger charge is -2.12. The highest BCUT2D eigenvalue weighted by Gasteiger charge is 2.17. The molecule has 0 spiro atoms. The number of nitrogens with zero attached hydrogens (tertiary/aromatic N) is 3. The Hall–Kier alpha value is -4.20. The summed E-state index contributed by atoms with van der Waals surface area (Å²) in [5.41, 5.74) is 2.03. The van der Waals surface area contributed by atoms with E-state index in [1.807, 2.05) is 37.3 Å². The number of benzene rings is 2. The molecule has 0 aliphatic rings. The highest BCUT2D eigenvalue weighted by molar-refractivity contribution is 5.92. The fraction of sp³-hybridized carbons (Fsp3) is 0.0909. The zero-order chi connectivity index (χ0) is 20.9. The third-order valence-corrected chi connectivity index (χ3v) is 4.29. The highest BCUT2D eigenvalue weighted by Crippen LogP contribution is 2.29. The van der Waals surface area contributed by atoms with Gasteiger partial charge in [0.05, 0.1) is 5.69 Å². The minimum absolute atomic E-state index is 0.181. The molecule has 8 nitrogen and oxygen atoms in total. The molecule has 0 radical (unpaired) electrons. The van der Waals surface area contributed by atoms with Crippen LogP contribution in [-0.2, 0) is 11.3 Å². The predicted molar refractivity (Wildman–Crippen MR) is 110 cm³/mol. The van der Waals surface area contributed by atoms with E-state index in [2.05, 4.69) is 15.5 Å². The van der Waals surface area contributed by atoms with Crippen LogP contribution < -0.4 is 15.8 Å². The first-order valence-corrected chi connectivity index (χ1v) is 9.21. The van der Waals surface area contributed by atoms with E-state index in [9.17, 15) is 9.59 Å². The van der Waals surface area contributed by atoms with Crippen molar-refractivity contribution >= 4 is 11.6 Å². The van der Waals surface area contributed by atoms with Crippen LogP contribution in [0.15, 0.2) is 82.2 Å². The van der Waals surface area contributed by atoms with Crippen LogP contribution in [0.3, 0.4) is 0 Å². The van der Waals surface area contributed by atoms with Crippen molar-refractivity contribution in [2.24, 2.45) is 0 Å². The van der Waals surface area contributed by atoms with Crippen LogP contribution >= 0.6 is 0 Å². The molecule has 8 heteroatoms. The smallest absolute Gasteiger partial charge is 0.442 e. The van der Waals surface area contributed by atoms with E-state index in [4.69, 9.17) is 9.26 Å². The Morgan fingerprint density at radius 1 is 1.07 bits per heavy atom. The molecule has 0 saturated heterocycles. The number of ether oxygens (including phenoxy) is 1. The molecule has 1 amide bonds. The van der Waals surface area contributed by atoms with Gasteiger partial charge in [0.15, 0.2) is 5.75 Å². The number of nitrogens with one attached hydrogen (secondary N) is 1. The van der Waals surface area contributed by atoms with Gasteiger partial charge in [-0.1, -0.05) is 41.1 Å². The molecule has 0 aliphatic carbocycles. The molecule has 2 aromatic carbocycles. The average Bonchev–Trinajstić information content (AvgIpc) is 3.12. The Kier molecular flexibility index (Phi) is 5.38. The Morgan fingerprint density at radius 3 is 2.60 bits per heavy atom. The molecule has 0 bridgehead atoms. The second-order valence-electron chi connectivity index (χ2n) is 6.53. The molecule has 0 atom stereocenters. The first-order valence-electron chi connectivity index (χ1n) is 9.21. The van der Waals surface area contributed by atoms with Gasteiger partial charge in [-0.15, -0.1) is 0 Å². The maximum Gasteiger partial charge on any atom is 0.442 e. The molecule has 2 heterocycles. The number of hydrogen-bond acceptors (Lipinski definition) is 6. The number of hydrogen-bond donors (Lipinski definition) is 1. The van der Waals surface area contributed by atoms with Crippen LogP contribution in [0.25, 0.3) is 11.5 Å². The number of para-hydroxylation sites is 2.